The van der Waals surface area contributed by atoms with Crippen molar-refractivity contribution in [3.05, 3.63) is 39.2 Å². The molecule has 2 N–H and O–H groups in total. The Balaban J connectivity index is 2.28. The minimum atomic E-state index is -0.354. The molecule has 0 aliphatic heterocycles. The van der Waals surface area contributed by atoms with Gasteiger partial charge in [0.2, 0.25) is 5.95 Å². The lowest BCUT2D eigenvalue weighted by molar-refractivity contribution is 0.631. The SMILES string of the molecule is CCCNc1ncc(Br)c(Nc2c(F)cccc2Br)n1. The molecule has 0 unspecified atom stereocenters. The first-order chi connectivity index (χ1) is 9.61. The Morgan fingerprint density at radius 2 is 2.05 bits per heavy atom. The average Bonchev–Trinajstić information content (AvgIpc) is 2.43. The van der Waals surface area contributed by atoms with Gasteiger partial charge in [0.05, 0.1) is 10.2 Å². The van der Waals surface area contributed by atoms with Gasteiger partial charge in [-0.2, -0.15) is 4.98 Å². The molecule has 2 rings (SSSR count). The Kier molecular flexibility index (Phi) is 5.31. The van der Waals surface area contributed by atoms with Crippen LogP contribution in [0.15, 0.2) is 33.3 Å². The van der Waals surface area contributed by atoms with Crippen LogP contribution in [0.3, 0.4) is 0 Å². The maximum Gasteiger partial charge on any atom is 0.224 e. The first kappa shape index (κ1) is 15.2. The van der Waals surface area contributed by atoms with Crippen LogP contribution in [-0.2, 0) is 0 Å². The molecule has 106 valence electrons. The molecule has 0 aliphatic carbocycles. The molecule has 1 aromatic carbocycles. The van der Waals surface area contributed by atoms with Crippen LogP contribution in [0.1, 0.15) is 13.3 Å². The van der Waals surface area contributed by atoms with Crippen molar-refractivity contribution in [2.45, 2.75) is 13.3 Å². The van der Waals surface area contributed by atoms with Crippen LogP contribution in [0.2, 0.25) is 0 Å². The third-order valence-corrected chi connectivity index (χ3v) is 3.72. The van der Waals surface area contributed by atoms with Gasteiger partial charge in [-0.3, -0.25) is 0 Å². The number of rotatable bonds is 5. The highest BCUT2D eigenvalue weighted by Crippen LogP contribution is 2.30. The van der Waals surface area contributed by atoms with Crippen molar-refractivity contribution >= 4 is 49.3 Å². The molecule has 0 fully saturated rings. The molecule has 2 aromatic rings. The quantitative estimate of drug-likeness (QED) is 0.759. The smallest absolute Gasteiger partial charge is 0.224 e. The van der Waals surface area contributed by atoms with E-state index in [1.807, 2.05) is 0 Å². The minimum Gasteiger partial charge on any atom is -0.354 e. The summed E-state index contributed by atoms with van der Waals surface area (Å²) in [5, 5.41) is 6.05. The number of nitrogens with one attached hydrogen (secondary N) is 2. The zero-order valence-electron chi connectivity index (χ0n) is 10.8. The normalized spacial score (nSPS) is 10.4. The third kappa shape index (κ3) is 3.67. The lowest BCUT2D eigenvalue weighted by Crippen LogP contribution is -2.06. The van der Waals surface area contributed by atoms with E-state index in [-0.39, 0.29) is 5.82 Å². The maximum absolute atomic E-state index is 13.8. The zero-order valence-corrected chi connectivity index (χ0v) is 13.9. The van der Waals surface area contributed by atoms with Gasteiger partial charge in [0, 0.05) is 17.2 Å². The number of halogens is 3. The van der Waals surface area contributed by atoms with Gasteiger partial charge in [-0.15, -0.1) is 0 Å². The zero-order chi connectivity index (χ0) is 14.5. The highest BCUT2D eigenvalue weighted by molar-refractivity contribution is 9.11. The summed E-state index contributed by atoms with van der Waals surface area (Å²) < 4.78 is 15.1. The van der Waals surface area contributed by atoms with E-state index < -0.39 is 0 Å². The summed E-state index contributed by atoms with van der Waals surface area (Å²) in [7, 11) is 0. The van der Waals surface area contributed by atoms with Gasteiger partial charge in [-0.1, -0.05) is 13.0 Å². The molecule has 0 atom stereocenters. The Bertz CT molecular complexity index is 587. The van der Waals surface area contributed by atoms with E-state index >= 15 is 0 Å². The highest BCUT2D eigenvalue weighted by atomic mass is 79.9. The Morgan fingerprint density at radius 1 is 1.25 bits per heavy atom. The average molecular weight is 404 g/mol. The van der Waals surface area contributed by atoms with Crippen LogP contribution >= 0.6 is 31.9 Å². The Morgan fingerprint density at radius 3 is 2.75 bits per heavy atom. The topological polar surface area (TPSA) is 49.8 Å². The second-order valence-electron chi connectivity index (χ2n) is 4.04. The van der Waals surface area contributed by atoms with E-state index in [9.17, 15) is 4.39 Å². The van der Waals surface area contributed by atoms with Gasteiger partial charge in [-0.25, -0.2) is 9.37 Å². The van der Waals surface area contributed by atoms with Crippen molar-refractivity contribution in [2.75, 3.05) is 17.2 Å². The van der Waals surface area contributed by atoms with Crippen LogP contribution in [-0.4, -0.2) is 16.5 Å². The minimum absolute atomic E-state index is 0.341. The van der Waals surface area contributed by atoms with Crippen LogP contribution < -0.4 is 10.6 Å². The number of aromatic nitrogens is 2. The van der Waals surface area contributed by atoms with Gasteiger partial charge in [0.15, 0.2) is 0 Å². The monoisotopic (exact) mass is 402 g/mol. The Hall–Kier alpha value is -1.21. The molecule has 0 radical (unpaired) electrons. The number of hydrogen-bond donors (Lipinski definition) is 2. The molecule has 0 saturated carbocycles. The molecule has 7 heteroatoms. The molecular weight excluding hydrogens is 391 g/mol. The number of benzene rings is 1. The molecule has 0 amide bonds. The number of anilines is 3. The summed E-state index contributed by atoms with van der Waals surface area (Å²) in [6, 6.07) is 4.78. The fraction of sp³-hybridized carbons (Fsp3) is 0.231. The molecule has 1 heterocycles. The molecule has 0 aliphatic rings. The fourth-order valence-electron chi connectivity index (χ4n) is 1.51. The first-order valence-corrected chi connectivity index (χ1v) is 7.68. The van der Waals surface area contributed by atoms with Crippen molar-refractivity contribution in [2.24, 2.45) is 0 Å². The molecule has 0 saturated heterocycles. The third-order valence-electron chi connectivity index (χ3n) is 2.48. The number of nitrogens with zero attached hydrogens (tertiary/aromatic N) is 2. The lowest BCUT2D eigenvalue weighted by atomic mass is 10.3. The van der Waals surface area contributed by atoms with E-state index in [1.54, 1.807) is 18.3 Å². The van der Waals surface area contributed by atoms with Gasteiger partial charge >= 0.3 is 0 Å². The predicted octanol–water partition coefficient (Wildman–Crippen LogP) is 4.71. The number of hydrogen-bond acceptors (Lipinski definition) is 4. The van der Waals surface area contributed by atoms with Gasteiger partial charge < -0.3 is 10.6 Å². The van der Waals surface area contributed by atoms with E-state index in [4.69, 9.17) is 0 Å². The number of para-hydroxylation sites is 1. The first-order valence-electron chi connectivity index (χ1n) is 6.09. The molecule has 0 spiro atoms. The van der Waals surface area contributed by atoms with Crippen LogP contribution in [0.25, 0.3) is 0 Å². The van der Waals surface area contributed by atoms with E-state index in [0.717, 1.165) is 13.0 Å². The van der Waals surface area contributed by atoms with Crippen molar-refractivity contribution in [1.82, 2.24) is 9.97 Å². The van der Waals surface area contributed by atoms with E-state index in [0.29, 0.717) is 26.4 Å². The second-order valence-corrected chi connectivity index (χ2v) is 5.75. The van der Waals surface area contributed by atoms with Crippen molar-refractivity contribution in [3.8, 4) is 0 Å². The molecule has 1 aromatic heterocycles. The lowest BCUT2D eigenvalue weighted by Gasteiger charge is -2.11. The standard InChI is InChI=1S/C13H13Br2FN4/c1-2-6-17-13-18-7-9(15)12(20-13)19-11-8(14)4-3-5-10(11)16/h3-5,7H,2,6H2,1H3,(H2,17,18,19,20). The summed E-state index contributed by atoms with van der Waals surface area (Å²) in [4.78, 5) is 8.47. The predicted molar refractivity (Wildman–Crippen MR) is 85.9 cm³/mol. The van der Waals surface area contributed by atoms with Crippen LogP contribution in [0.4, 0.5) is 21.8 Å². The fourth-order valence-corrected chi connectivity index (χ4v) is 2.24. The van der Waals surface area contributed by atoms with Gasteiger partial charge in [0.25, 0.3) is 0 Å². The molecular formula is C13H13Br2FN4. The maximum atomic E-state index is 13.8. The molecule has 4 nitrogen and oxygen atoms in total. The second kappa shape index (κ2) is 6.99. The van der Waals surface area contributed by atoms with E-state index in [1.165, 1.54) is 6.07 Å². The summed E-state index contributed by atoms with van der Waals surface area (Å²) in [6.07, 6.45) is 2.60. The summed E-state index contributed by atoms with van der Waals surface area (Å²) >= 11 is 6.66. The highest BCUT2D eigenvalue weighted by Gasteiger charge is 2.11. The summed E-state index contributed by atoms with van der Waals surface area (Å²) in [5.74, 6) is 0.655. The van der Waals surface area contributed by atoms with Crippen molar-refractivity contribution in [3.63, 3.8) is 0 Å². The summed E-state index contributed by atoms with van der Waals surface area (Å²) in [6.45, 7) is 2.84. The largest absolute Gasteiger partial charge is 0.354 e. The van der Waals surface area contributed by atoms with Crippen LogP contribution in [0, 0.1) is 5.82 Å². The van der Waals surface area contributed by atoms with Crippen molar-refractivity contribution in [1.29, 1.82) is 0 Å². The van der Waals surface area contributed by atoms with Crippen molar-refractivity contribution < 1.29 is 4.39 Å². The Labute approximate surface area is 133 Å². The van der Waals surface area contributed by atoms with Gasteiger partial charge in [-0.05, 0) is 50.4 Å². The van der Waals surface area contributed by atoms with Gasteiger partial charge in [0.1, 0.15) is 11.6 Å². The summed E-state index contributed by atoms with van der Waals surface area (Å²) in [5.41, 5.74) is 0.341. The van der Waals surface area contributed by atoms with E-state index in [2.05, 4.69) is 59.4 Å². The van der Waals surface area contributed by atoms with Crippen LogP contribution in [0.5, 0.6) is 0 Å². The molecule has 20 heavy (non-hydrogen) atoms. The molecule has 0 bridgehead atoms.